The summed E-state index contributed by atoms with van der Waals surface area (Å²) < 4.78 is 41.8. The van der Waals surface area contributed by atoms with Gasteiger partial charge in [0.2, 0.25) is 5.96 Å². The van der Waals surface area contributed by atoms with E-state index in [1.807, 2.05) is 34.2 Å². The van der Waals surface area contributed by atoms with Gasteiger partial charge >= 0.3 is 0 Å². The summed E-state index contributed by atoms with van der Waals surface area (Å²) in [4.78, 5) is 26.4. The molecule has 0 unspecified atom stereocenters. The lowest BCUT2D eigenvalue weighted by Gasteiger charge is -2.42. The van der Waals surface area contributed by atoms with Gasteiger partial charge in [0.15, 0.2) is 11.5 Å². The Kier molecular flexibility index (Phi) is 8.82. The molecular formula is C32H42N6O5S. The maximum Gasteiger partial charge on any atom is 0.287 e. The van der Waals surface area contributed by atoms with Crippen LogP contribution in [-0.4, -0.2) is 106 Å². The van der Waals surface area contributed by atoms with Crippen molar-refractivity contribution < 1.29 is 22.7 Å². The van der Waals surface area contributed by atoms with Crippen LogP contribution in [0.15, 0.2) is 50.7 Å². The number of amides is 1. The van der Waals surface area contributed by atoms with E-state index < -0.39 is 10.0 Å². The summed E-state index contributed by atoms with van der Waals surface area (Å²) in [6, 6.07) is 10.8. The smallest absolute Gasteiger partial charge is 0.287 e. The van der Waals surface area contributed by atoms with Crippen molar-refractivity contribution >= 4 is 39.5 Å². The number of hydrogen-bond donors (Lipinski definition) is 0. The molecule has 0 radical (unpaired) electrons. The third-order valence-electron chi connectivity index (χ3n) is 8.83. The highest BCUT2D eigenvalue weighted by Crippen LogP contribution is 2.38. The van der Waals surface area contributed by atoms with E-state index in [0.717, 1.165) is 71.4 Å². The van der Waals surface area contributed by atoms with Gasteiger partial charge in [-0.3, -0.25) is 14.7 Å². The van der Waals surface area contributed by atoms with E-state index in [1.54, 1.807) is 25.3 Å². The number of aliphatic imine (C=N–C) groups is 1. The predicted molar refractivity (Wildman–Crippen MR) is 171 cm³/mol. The van der Waals surface area contributed by atoms with Crippen molar-refractivity contribution in [3.05, 3.63) is 42.0 Å². The monoisotopic (exact) mass is 622 g/mol. The Morgan fingerprint density at radius 2 is 1.80 bits per heavy atom. The Bertz CT molecular complexity index is 1550. The van der Waals surface area contributed by atoms with Gasteiger partial charge in [0.1, 0.15) is 4.90 Å². The van der Waals surface area contributed by atoms with Crippen LogP contribution in [0.2, 0.25) is 0 Å². The highest BCUT2D eigenvalue weighted by molar-refractivity contribution is 7.90. The highest BCUT2D eigenvalue weighted by atomic mass is 32.2. The lowest BCUT2D eigenvalue weighted by atomic mass is 10.1. The predicted octanol–water partition coefficient (Wildman–Crippen LogP) is 4.16. The number of sulfonamides is 1. The summed E-state index contributed by atoms with van der Waals surface area (Å²) in [5.41, 5.74) is 1.90. The summed E-state index contributed by atoms with van der Waals surface area (Å²) in [5, 5.41) is 0. The first kappa shape index (κ1) is 30.4. The molecule has 0 aromatic heterocycles. The summed E-state index contributed by atoms with van der Waals surface area (Å²) in [7, 11) is -2.14. The molecule has 1 amide bonds. The van der Waals surface area contributed by atoms with Crippen molar-refractivity contribution in [1.29, 1.82) is 0 Å². The van der Waals surface area contributed by atoms with Crippen LogP contribution in [0.1, 0.15) is 56.3 Å². The van der Waals surface area contributed by atoms with Crippen molar-refractivity contribution in [3.8, 4) is 11.5 Å². The number of hydrogen-bond acceptors (Lipinski definition) is 9. The molecule has 6 rings (SSSR count). The average molecular weight is 623 g/mol. The van der Waals surface area contributed by atoms with Crippen LogP contribution in [0.5, 0.6) is 11.5 Å². The summed E-state index contributed by atoms with van der Waals surface area (Å²) in [6.45, 7) is 9.57. The Labute approximate surface area is 260 Å². The molecule has 2 aromatic rings. The van der Waals surface area contributed by atoms with Crippen LogP contribution < -0.4 is 14.4 Å². The van der Waals surface area contributed by atoms with E-state index in [2.05, 4.69) is 33.0 Å². The molecule has 0 N–H and O–H groups in total. The van der Waals surface area contributed by atoms with Gasteiger partial charge in [0.05, 0.1) is 36.7 Å². The zero-order valence-electron chi connectivity index (χ0n) is 25.8. The molecule has 0 aliphatic carbocycles. The van der Waals surface area contributed by atoms with Gasteiger partial charge in [-0.25, -0.2) is 0 Å². The molecule has 2 saturated heterocycles. The molecule has 44 heavy (non-hydrogen) atoms. The molecule has 0 bridgehead atoms. The number of rotatable bonds is 9. The van der Waals surface area contributed by atoms with E-state index >= 15 is 0 Å². The van der Waals surface area contributed by atoms with Crippen molar-refractivity contribution in [2.45, 2.75) is 62.9 Å². The number of anilines is 1. The van der Waals surface area contributed by atoms with Crippen LogP contribution in [0.25, 0.3) is 0 Å². The first-order valence-electron chi connectivity index (χ1n) is 15.7. The molecule has 1 atom stereocenters. The van der Waals surface area contributed by atoms with Gasteiger partial charge in [-0.2, -0.15) is 8.42 Å². The normalized spacial score (nSPS) is 21.1. The van der Waals surface area contributed by atoms with Crippen LogP contribution in [0.4, 0.5) is 11.4 Å². The van der Waals surface area contributed by atoms with Crippen LogP contribution >= 0.6 is 0 Å². The number of para-hydroxylation sites is 1. The standard InChI is InChI=1S/C32H42N6O5S/c1-23(2)38-27-11-5-6-12-30(27)44(40,41)34-32(38)36-17-15-35(16-18-36)13-7-4-8-19-43-29-21-26-25(20-28(29)42-3)31(39)37-14-9-10-24(37)22-33-26/h5-6,11-12,20-24H,4,7-10,13-19H2,1-3H3/t24-/m0/s1. The minimum Gasteiger partial charge on any atom is -0.493 e. The van der Waals surface area contributed by atoms with E-state index in [9.17, 15) is 13.2 Å². The summed E-state index contributed by atoms with van der Waals surface area (Å²) >= 11 is 0. The maximum absolute atomic E-state index is 13.1. The van der Waals surface area contributed by atoms with Crippen LogP contribution in [-0.2, 0) is 10.0 Å². The molecule has 4 heterocycles. The fourth-order valence-electron chi connectivity index (χ4n) is 6.49. The number of fused-ring (bicyclic) bond motifs is 3. The minimum atomic E-state index is -3.73. The van der Waals surface area contributed by atoms with Crippen molar-refractivity contribution in [2.75, 3.05) is 57.9 Å². The molecule has 4 aliphatic heterocycles. The zero-order valence-corrected chi connectivity index (χ0v) is 26.6. The molecule has 0 spiro atoms. The SMILES string of the molecule is COc1cc2c(cc1OCCCCCN1CCN(C3=NS(=O)(=O)c4ccccc4N3C(C)C)CC1)N=C[C@@H]1CCCN1C2=O. The Morgan fingerprint density at radius 3 is 2.57 bits per heavy atom. The molecule has 236 valence electrons. The van der Waals surface area contributed by atoms with Crippen molar-refractivity contribution in [1.82, 2.24) is 14.7 Å². The Hall–Kier alpha value is -3.64. The fraction of sp³-hybridized carbons (Fsp3) is 0.531. The van der Waals surface area contributed by atoms with Gasteiger partial charge in [-0.1, -0.05) is 12.1 Å². The third kappa shape index (κ3) is 6.01. The quantitative estimate of drug-likeness (QED) is 0.384. The van der Waals surface area contributed by atoms with E-state index in [0.29, 0.717) is 41.0 Å². The van der Waals surface area contributed by atoms with E-state index in [1.165, 1.54) is 0 Å². The summed E-state index contributed by atoms with van der Waals surface area (Å²) in [6.07, 6.45) is 6.79. The second kappa shape index (κ2) is 12.8. The number of benzene rings is 2. The number of carbonyl (C=O) groups is 1. The van der Waals surface area contributed by atoms with Gasteiger partial charge < -0.3 is 24.2 Å². The topological polar surface area (TPSA) is 107 Å². The first-order chi connectivity index (χ1) is 21.3. The van der Waals surface area contributed by atoms with Gasteiger partial charge in [-0.15, -0.1) is 4.40 Å². The number of guanidine groups is 1. The largest absolute Gasteiger partial charge is 0.493 e. The number of carbonyl (C=O) groups excluding carboxylic acids is 1. The van der Waals surface area contributed by atoms with Gasteiger partial charge in [0.25, 0.3) is 15.9 Å². The third-order valence-corrected chi connectivity index (χ3v) is 10.1. The molecule has 0 saturated carbocycles. The first-order valence-corrected chi connectivity index (χ1v) is 17.1. The summed E-state index contributed by atoms with van der Waals surface area (Å²) in [5.74, 6) is 1.70. The number of methoxy groups -OCH3 is 1. The lowest BCUT2D eigenvalue weighted by Crippen LogP contribution is -2.56. The molecule has 11 nitrogen and oxygen atoms in total. The molecule has 2 aromatic carbocycles. The molecular weight excluding hydrogens is 580 g/mol. The molecule has 4 aliphatic rings. The Morgan fingerprint density at radius 1 is 1.00 bits per heavy atom. The highest BCUT2D eigenvalue weighted by Gasteiger charge is 2.36. The second-order valence-corrected chi connectivity index (χ2v) is 13.6. The fourth-order valence-corrected chi connectivity index (χ4v) is 7.69. The zero-order chi connectivity index (χ0) is 30.8. The van der Waals surface area contributed by atoms with Crippen LogP contribution in [0, 0.1) is 0 Å². The van der Waals surface area contributed by atoms with Crippen molar-refractivity contribution in [2.24, 2.45) is 9.39 Å². The van der Waals surface area contributed by atoms with Crippen LogP contribution in [0.3, 0.4) is 0 Å². The minimum absolute atomic E-state index is 0.00465. The number of nitrogens with zero attached hydrogens (tertiary/aromatic N) is 6. The number of ether oxygens (including phenoxy) is 2. The second-order valence-electron chi connectivity index (χ2n) is 12.0. The number of piperazine rings is 1. The molecule has 2 fully saturated rings. The Balaban J connectivity index is 0.973. The average Bonchev–Trinajstić information content (AvgIpc) is 3.45. The maximum atomic E-state index is 13.1. The lowest BCUT2D eigenvalue weighted by molar-refractivity contribution is 0.0774. The van der Waals surface area contributed by atoms with Gasteiger partial charge in [0, 0.05) is 51.0 Å². The van der Waals surface area contributed by atoms with Gasteiger partial charge in [-0.05, 0) is 70.7 Å². The number of unbranched alkanes of at least 4 members (excludes halogenated alkanes) is 2. The van der Waals surface area contributed by atoms with E-state index in [4.69, 9.17) is 9.47 Å². The van der Waals surface area contributed by atoms with E-state index in [-0.39, 0.29) is 22.9 Å². The van der Waals surface area contributed by atoms with Crippen molar-refractivity contribution in [3.63, 3.8) is 0 Å². The molecule has 12 heteroatoms.